The van der Waals surface area contributed by atoms with E-state index in [2.05, 4.69) is 6.07 Å². The SMILES string of the molecule is O=C(OCC(=O)N1CCCCCC1)C1CCCCC1C(=O)N1CCc2ccccc21. The summed E-state index contributed by atoms with van der Waals surface area (Å²) in [7, 11) is 0. The van der Waals surface area contributed by atoms with E-state index in [1.807, 2.05) is 28.0 Å². The fourth-order valence-electron chi connectivity index (χ4n) is 5.13. The number of likely N-dealkylation sites (tertiary alicyclic amines) is 1. The molecule has 4 rings (SSSR count). The lowest BCUT2D eigenvalue weighted by atomic mass is 9.78. The normalized spacial score (nSPS) is 24.1. The molecular formula is C24H32N2O4. The maximum absolute atomic E-state index is 13.3. The Balaban J connectivity index is 1.38. The first-order chi connectivity index (χ1) is 14.6. The smallest absolute Gasteiger partial charge is 0.310 e. The Kier molecular flexibility index (Phi) is 6.70. The van der Waals surface area contributed by atoms with Crippen LogP contribution in [0, 0.1) is 11.8 Å². The highest BCUT2D eigenvalue weighted by Crippen LogP contribution is 2.36. The molecule has 1 aliphatic carbocycles. The maximum atomic E-state index is 13.3. The van der Waals surface area contributed by atoms with Crippen molar-refractivity contribution >= 4 is 23.5 Å². The van der Waals surface area contributed by atoms with Crippen molar-refractivity contribution in [2.75, 3.05) is 31.1 Å². The predicted molar refractivity (Wildman–Crippen MR) is 114 cm³/mol. The number of para-hydroxylation sites is 1. The topological polar surface area (TPSA) is 66.9 Å². The van der Waals surface area contributed by atoms with E-state index >= 15 is 0 Å². The summed E-state index contributed by atoms with van der Waals surface area (Å²) in [5.74, 6) is -1.27. The van der Waals surface area contributed by atoms with Gasteiger partial charge in [0.05, 0.1) is 11.8 Å². The highest BCUT2D eigenvalue weighted by atomic mass is 16.5. The zero-order valence-electron chi connectivity index (χ0n) is 17.7. The Bertz CT molecular complexity index is 785. The van der Waals surface area contributed by atoms with Crippen molar-refractivity contribution in [3.05, 3.63) is 29.8 Å². The standard InChI is InChI=1S/C24H32N2O4/c27-22(25-14-7-1-2-8-15-25)17-30-24(29)20-11-5-4-10-19(20)23(28)26-16-13-18-9-3-6-12-21(18)26/h3,6,9,12,19-20H,1-2,4-5,7-8,10-11,13-17H2. The molecule has 2 aliphatic heterocycles. The number of carbonyl (C=O) groups is 3. The van der Waals surface area contributed by atoms with Crippen molar-refractivity contribution in [1.82, 2.24) is 4.90 Å². The Morgan fingerprint density at radius 2 is 1.57 bits per heavy atom. The third-order valence-electron chi connectivity index (χ3n) is 6.84. The van der Waals surface area contributed by atoms with E-state index in [0.717, 1.165) is 63.7 Å². The summed E-state index contributed by atoms with van der Waals surface area (Å²) >= 11 is 0. The molecule has 6 nitrogen and oxygen atoms in total. The van der Waals surface area contributed by atoms with Gasteiger partial charge in [-0.25, -0.2) is 0 Å². The Morgan fingerprint density at radius 1 is 0.867 bits per heavy atom. The first-order valence-corrected chi connectivity index (χ1v) is 11.5. The van der Waals surface area contributed by atoms with Gasteiger partial charge in [0.1, 0.15) is 0 Å². The average Bonchev–Trinajstić information content (AvgIpc) is 3.02. The fraction of sp³-hybridized carbons (Fsp3) is 0.625. The van der Waals surface area contributed by atoms with Gasteiger partial charge in [0.25, 0.3) is 5.91 Å². The van der Waals surface area contributed by atoms with Gasteiger partial charge in [-0.05, 0) is 43.7 Å². The van der Waals surface area contributed by atoms with Crippen LogP contribution < -0.4 is 4.90 Å². The van der Waals surface area contributed by atoms with Crippen molar-refractivity contribution in [3.63, 3.8) is 0 Å². The van der Waals surface area contributed by atoms with Crippen LogP contribution in [0.1, 0.15) is 56.9 Å². The number of ether oxygens (including phenoxy) is 1. The summed E-state index contributed by atoms with van der Waals surface area (Å²) in [4.78, 5) is 42.3. The molecule has 0 N–H and O–H groups in total. The van der Waals surface area contributed by atoms with E-state index in [0.29, 0.717) is 19.4 Å². The molecule has 0 bridgehead atoms. The van der Waals surface area contributed by atoms with E-state index in [-0.39, 0.29) is 30.3 Å². The van der Waals surface area contributed by atoms with Gasteiger partial charge in [-0.3, -0.25) is 14.4 Å². The lowest BCUT2D eigenvalue weighted by Gasteiger charge is -2.32. The van der Waals surface area contributed by atoms with Gasteiger partial charge < -0.3 is 14.5 Å². The summed E-state index contributed by atoms with van der Waals surface area (Å²) in [5, 5.41) is 0. The van der Waals surface area contributed by atoms with Crippen molar-refractivity contribution in [1.29, 1.82) is 0 Å². The molecular weight excluding hydrogens is 380 g/mol. The molecule has 162 valence electrons. The van der Waals surface area contributed by atoms with Gasteiger partial charge in [-0.15, -0.1) is 0 Å². The van der Waals surface area contributed by atoms with E-state index in [4.69, 9.17) is 4.74 Å². The zero-order valence-corrected chi connectivity index (χ0v) is 17.7. The van der Waals surface area contributed by atoms with E-state index in [1.54, 1.807) is 0 Å². The molecule has 2 amide bonds. The number of hydrogen-bond donors (Lipinski definition) is 0. The van der Waals surface area contributed by atoms with Crippen LogP contribution in [0.3, 0.4) is 0 Å². The lowest BCUT2D eigenvalue weighted by molar-refractivity contribution is -0.159. The molecule has 1 saturated carbocycles. The van der Waals surface area contributed by atoms with Crippen molar-refractivity contribution in [2.45, 2.75) is 57.8 Å². The number of nitrogens with zero attached hydrogens (tertiary/aromatic N) is 2. The number of amides is 2. The first-order valence-electron chi connectivity index (χ1n) is 11.5. The highest BCUT2D eigenvalue weighted by Gasteiger charge is 2.40. The summed E-state index contributed by atoms with van der Waals surface area (Å²) in [6.07, 6.45) is 8.40. The zero-order chi connectivity index (χ0) is 20.9. The molecule has 6 heteroatoms. The van der Waals surface area contributed by atoms with Gasteiger partial charge in [0.15, 0.2) is 6.61 Å². The third kappa shape index (κ3) is 4.52. The molecule has 1 aromatic carbocycles. The van der Waals surface area contributed by atoms with E-state index in [9.17, 15) is 14.4 Å². The molecule has 2 fully saturated rings. The second kappa shape index (κ2) is 9.63. The molecule has 0 radical (unpaired) electrons. The third-order valence-corrected chi connectivity index (χ3v) is 6.84. The minimum absolute atomic E-state index is 0.0282. The number of rotatable bonds is 4. The molecule has 0 aromatic heterocycles. The molecule has 1 saturated heterocycles. The largest absolute Gasteiger partial charge is 0.455 e. The number of esters is 1. The van der Waals surface area contributed by atoms with Gasteiger partial charge in [0, 0.05) is 25.3 Å². The highest BCUT2D eigenvalue weighted by molar-refractivity contribution is 5.99. The molecule has 3 aliphatic rings. The average molecular weight is 413 g/mol. The molecule has 30 heavy (non-hydrogen) atoms. The fourth-order valence-corrected chi connectivity index (χ4v) is 5.13. The first kappa shape index (κ1) is 20.9. The van der Waals surface area contributed by atoms with Crippen LogP contribution in [0.2, 0.25) is 0 Å². The van der Waals surface area contributed by atoms with Crippen LogP contribution in [0.4, 0.5) is 5.69 Å². The summed E-state index contributed by atoms with van der Waals surface area (Å²) < 4.78 is 5.45. The lowest BCUT2D eigenvalue weighted by Crippen LogP contribution is -2.43. The van der Waals surface area contributed by atoms with Crippen LogP contribution in [0.25, 0.3) is 0 Å². The maximum Gasteiger partial charge on any atom is 0.310 e. The van der Waals surface area contributed by atoms with Gasteiger partial charge in [-0.2, -0.15) is 0 Å². The number of anilines is 1. The summed E-state index contributed by atoms with van der Waals surface area (Å²) in [6, 6.07) is 7.99. The second-order valence-corrected chi connectivity index (χ2v) is 8.77. The van der Waals surface area contributed by atoms with Crippen LogP contribution in [-0.2, 0) is 25.5 Å². The van der Waals surface area contributed by atoms with Crippen LogP contribution in [0.5, 0.6) is 0 Å². The van der Waals surface area contributed by atoms with E-state index < -0.39 is 5.92 Å². The minimum Gasteiger partial charge on any atom is -0.455 e. The summed E-state index contributed by atoms with van der Waals surface area (Å²) in [6.45, 7) is 1.96. The number of hydrogen-bond acceptors (Lipinski definition) is 4. The molecule has 2 heterocycles. The van der Waals surface area contributed by atoms with Crippen LogP contribution >= 0.6 is 0 Å². The molecule has 2 unspecified atom stereocenters. The monoisotopic (exact) mass is 412 g/mol. The molecule has 1 aromatic rings. The minimum atomic E-state index is -0.448. The predicted octanol–water partition coefficient (Wildman–Crippen LogP) is 3.33. The second-order valence-electron chi connectivity index (χ2n) is 8.77. The summed E-state index contributed by atoms with van der Waals surface area (Å²) in [5.41, 5.74) is 2.15. The van der Waals surface area contributed by atoms with Gasteiger partial charge >= 0.3 is 5.97 Å². The number of carbonyl (C=O) groups excluding carboxylic acids is 3. The van der Waals surface area contributed by atoms with Crippen molar-refractivity contribution < 1.29 is 19.1 Å². The van der Waals surface area contributed by atoms with Crippen LogP contribution in [-0.4, -0.2) is 48.9 Å². The van der Waals surface area contributed by atoms with Crippen LogP contribution in [0.15, 0.2) is 24.3 Å². The van der Waals surface area contributed by atoms with E-state index in [1.165, 1.54) is 5.56 Å². The quantitative estimate of drug-likeness (QED) is 0.712. The number of fused-ring (bicyclic) bond motifs is 1. The molecule has 2 atom stereocenters. The number of benzene rings is 1. The van der Waals surface area contributed by atoms with Crippen molar-refractivity contribution in [3.8, 4) is 0 Å². The Labute approximate surface area is 178 Å². The Morgan fingerprint density at radius 3 is 2.33 bits per heavy atom. The van der Waals surface area contributed by atoms with Crippen molar-refractivity contribution in [2.24, 2.45) is 11.8 Å². The van der Waals surface area contributed by atoms with Gasteiger partial charge in [0.2, 0.25) is 5.91 Å². The van der Waals surface area contributed by atoms with Gasteiger partial charge in [-0.1, -0.05) is 43.9 Å². The molecule has 0 spiro atoms. The Hall–Kier alpha value is -2.37.